The highest BCUT2D eigenvalue weighted by Gasteiger charge is 2.48. The van der Waals surface area contributed by atoms with E-state index in [0.717, 1.165) is 6.42 Å². The summed E-state index contributed by atoms with van der Waals surface area (Å²) < 4.78 is 0. The Kier molecular flexibility index (Phi) is 2.68. The van der Waals surface area contributed by atoms with Crippen molar-refractivity contribution < 1.29 is 9.72 Å². The number of carbonyl (C=O) groups is 1. The summed E-state index contributed by atoms with van der Waals surface area (Å²) in [5.74, 6) is 0. The molecule has 1 aromatic carbocycles. The summed E-state index contributed by atoms with van der Waals surface area (Å²) in [7, 11) is 0. The van der Waals surface area contributed by atoms with Gasteiger partial charge in [-0.2, -0.15) is 0 Å². The topological polar surface area (TPSA) is 60.2 Å². The third kappa shape index (κ3) is 1.50. The van der Waals surface area contributed by atoms with Gasteiger partial charge in [-0.05, 0) is 24.4 Å². The predicted octanol–water partition coefficient (Wildman–Crippen LogP) is 2.78. The van der Waals surface area contributed by atoms with E-state index in [0.29, 0.717) is 18.4 Å². The first-order valence-electron chi connectivity index (χ1n) is 5.02. The molecule has 0 amide bonds. The molecule has 1 aliphatic carbocycles. The van der Waals surface area contributed by atoms with Crippen molar-refractivity contribution in [1.82, 2.24) is 0 Å². The van der Waals surface area contributed by atoms with E-state index in [1.165, 1.54) is 6.07 Å². The molecule has 0 atom stereocenters. The minimum absolute atomic E-state index is 0.0174. The summed E-state index contributed by atoms with van der Waals surface area (Å²) in [4.78, 5) is 21.9. The summed E-state index contributed by atoms with van der Waals surface area (Å²) in [5.41, 5.74) is -0.395. The van der Waals surface area contributed by atoms with Crippen molar-refractivity contribution in [3.8, 4) is 0 Å². The number of benzene rings is 1. The van der Waals surface area contributed by atoms with Gasteiger partial charge in [-0.3, -0.25) is 14.9 Å². The lowest BCUT2D eigenvalue weighted by molar-refractivity contribution is -0.386. The van der Waals surface area contributed by atoms with Crippen molar-refractivity contribution in [2.45, 2.75) is 24.7 Å². The second kappa shape index (κ2) is 3.87. The van der Waals surface area contributed by atoms with Crippen molar-refractivity contribution in [3.63, 3.8) is 0 Å². The van der Waals surface area contributed by atoms with Crippen molar-refractivity contribution >= 4 is 22.5 Å². The predicted molar refractivity (Wildman–Crippen MR) is 59.5 cm³/mol. The van der Waals surface area contributed by atoms with E-state index in [1.807, 2.05) is 0 Å². The van der Waals surface area contributed by atoms with Crippen LogP contribution >= 0.6 is 11.6 Å². The summed E-state index contributed by atoms with van der Waals surface area (Å²) >= 11 is 5.59. The van der Waals surface area contributed by atoms with Gasteiger partial charge in [-0.15, -0.1) is 0 Å². The molecule has 84 valence electrons. The van der Waals surface area contributed by atoms with E-state index in [2.05, 4.69) is 0 Å². The van der Waals surface area contributed by atoms with Crippen LogP contribution in [0, 0.1) is 10.1 Å². The molecule has 0 bridgehead atoms. The molecule has 1 saturated carbocycles. The zero-order valence-electron chi connectivity index (χ0n) is 8.48. The largest absolute Gasteiger partial charge is 0.280 e. The van der Waals surface area contributed by atoms with Gasteiger partial charge >= 0.3 is 0 Å². The SMILES string of the molecule is O=C(Cl)C1(c2ccccc2[N+](=O)[O-])CCC1. The summed E-state index contributed by atoms with van der Waals surface area (Å²) in [6.07, 6.45) is 2.07. The lowest BCUT2D eigenvalue weighted by atomic mass is 9.65. The standard InChI is InChI=1S/C11H10ClNO3/c12-10(14)11(6-3-7-11)8-4-1-2-5-9(8)13(15)16/h1-2,4-5H,3,6-7H2. The fraction of sp³-hybridized carbons (Fsp3) is 0.364. The molecule has 1 aliphatic rings. The van der Waals surface area contributed by atoms with Crippen LogP contribution in [-0.4, -0.2) is 10.2 Å². The number of hydrogen-bond donors (Lipinski definition) is 0. The molecule has 1 fully saturated rings. The fourth-order valence-electron chi connectivity index (χ4n) is 2.14. The van der Waals surface area contributed by atoms with Crippen LogP contribution in [0.15, 0.2) is 24.3 Å². The quantitative estimate of drug-likeness (QED) is 0.463. The zero-order valence-corrected chi connectivity index (χ0v) is 9.24. The van der Waals surface area contributed by atoms with Gasteiger partial charge in [-0.1, -0.05) is 24.6 Å². The second-order valence-corrected chi connectivity index (χ2v) is 4.33. The van der Waals surface area contributed by atoms with E-state index in [-0.39, 0.29) is 5.69 Å². The third-order valence-electron chi connectivity index (χ3n) is 3.20. The molecular formula is C11H10ClNO3. The van der Waals surface area contributed by atoms with Crippen LogP contribution in [0.2, 0.25) is 0 Å². The molecule has 0 saturated heterocycles. The van der Waals surface area contributed by atoms with Crippen molar-refractivity contribution in [2.75, 3.05) is 0 Å². The van der Waals surface area contributed by atoms with Crippen LogP contribution in [-0.2, 0) is 10.2 Å². The maximum Gasteiger partial charge on any atom is 0.273 e. The Balaban J connectivity index is 2.54. The summed E-state index contributed by atoms with van der Waals surface area (Å²) in [6, 6.07) is 6.32. The van der Waals surface area contributed by atoms with E-state index >= 15 is 0 Å². The third-order valence-corrected chi connectivity index (χ3v) is 3.56. The number of nitro groups is 1. The fourth-order valence-corrected chi connectivity index (χ4v) is 2.43. The number of nitrogens with zero attached hydrogens (tertiary/aromatic N) is 1. The van der Waals surface area contributed by atoms with Gasteiger partial charge in [0, 0.05) is 11.6 Å². The molecule has 0 N–H and O–H groups in total. The van der Waals surface area contributed by atoms with Crippen molar-refractivity contribution in [2.24, 2.45) is 0 Å². The smallest absolute Gasteiger partial charge is 0.273 e. The Morgan fingerprint density at radius 1 is 1.38 bits per heavy atom. The highest BCUT2D eigenvalue weighted by molar-refractivity contribution is 6.65. The van der Waals surface area contributed by atoms with Gasteiger partial charge in [0.25, 0.3) is 5.69 Å². The maximum absolute atomic E-state index is 11.5. The van der Waals surface area contributed by atoms with Crippen molar-refractivity contribution in [3.05, 3.63) is 39.9 Å². The number of halogens is 1. The van der Waals surface area contributed by atoms with Crippen LogP contribution in [0.3, 0.4) is 0 Å². The average molecular weight is 240 g/mol. The Morgan fingerprint density at radius 3 is 2.44 bits per heavy atom. The lowest BCUT2D eigenvalue weighted by Crippen LogP contribution is -2.40. The Bertz CT molecular complexity index is 454. The minimum Gasteiger partial charge on any atom is -0.280 e. The summed E-state index contributed by atoms with van der Waals surface area (Å²) in [6.45, 7) is 0. The molecule has 0 heterocycles. The zero-order chi connectivity index (χ0) is 11.8. The van der Waals surface area contributed by atoms with E-state index in [9.17, 15) is 14.9 Å². The highest BCUT2D eigenvalue weighted by atomic mass is 35.5. The number of rotatable bonds is 3. The Morgan fingerprint density at radius 2 is 2.00 bits per heavy atom. The van der Waals surface area contributed by atoms with Gasteiger partial charge in [-0.25, -0.2) is 0 Å². The van der Waals surface area contributed by atoms with Crippen LogP contribution in [0.5, 0.6) is 0 Å². The molecule has 2 rings (SSSR count). The molecule has 0 spiro atoms. The minimum atomic E-state index is -0.828. The molecule has 0 aliphatic heterocycles. The highest BCUT2D eigenvalue weighted by Crippen LogP contribution is 2.48. The van der Waals surface area contributed by atoms with E-state index in [4.69, 9.17) is 11.6 Å². The second-order valence-electron chi connectivity index (χ2n) is 3.98. The molecule has 4 nitrogen and oxygen atoms in total. The first kappa shape index (κ1) is 11.1. The van der Waals surface area contributed by atoms with Gasteiger partial charge in [0.05, 0.1) is 10.3 Å². The van der Waals surface area contributed by atoms with E-state index in [1.54, 1.807) is 18.2 Å². The average Bonchev–Trinajstić information content (AvgIpc) is 2.15. The first-order chi connectivity index (χ1) is 7.58. The Labute approximate surface area is 97.4 Å². The molecule has 16 heavy (non-hydrogen) atoms. The Hall–Kier alpha value is -1.42. The van der Waals surface area contributed by atoms with Crippen LogP contribution in [0.25, 0.3) is 0 Å². The molecule has 0 unspecified atom stereocenters. The molecule has 0 aromatic heterocycles. The lowest BCUT2D eigenvalue weighted by Gasteiger charge is -2.38. The van der Waals surface area contributed by atoms with Crippen molar-refractivity contribution in [1.29, 1.82) is 0 Å². The molecule has 5 heteroatoms. The number of carbonyl (C=O) groups excluding carboxylic acids is 1. The van der Waals surface area contributed by atoms with Crippen LogP contribution in [0.4, 0.5) is 5.69 Å². The maximum atomic E-state index is 11.5. The van der Waals surface area contributed by atoms with E-state index < -0.39 is 15.6 Å². The first-order valence-corrected chi connectivity index (χ1v) is 5.39. The normalized spacial score (nSPS) is 17.6. The molecular weight excluding hydrogens is 230 g/mol. The van der Waals surface area contributed by atoms with Gasteiger partial charge in [0.1, 0.15) is 0 Å². The molecule has 0 radical (unpaired) electrons. The summed E-state index contributed by atoms with van der Waals surface area (Å²) in [5, 5.41) is 10.4. The van der Waals surface area contributed by atoms with Gasteiger partial charge in [0.15, 0.2) is 0 Å². The molecule has 1 aromatic rings. The van der Waals surface area contributed by atoms with Gasteiger partial charge < -0.3 is 0 Å². The van der Waals surface area contributed by atoms with Crippen LogP contribution < -0.4 is 0 Å². The van der Waals surface area contributed by atoms with Gasteiger partial charge in [0.2, 0.25) is 5.24 Å². The number of nitro benzene ring substituents is 1. The number of hydrogen-bond acceptors (Lipinski definition) is 3. The van der Waals surface area contributed by atoms with Crippen LogP contribution in [0.1, 0.15) is 24.8 Å². The monoisotopic (exact) mass is 239 g/mol. The number of para-hydroxylation sites is 1.